The number of hydrogen-bond acceptors (Lipinski definition) is 2. The van der Waals surface area contributed by atoms with Gasteiger partial charge in [-0.2, -0.15) is 0 Å². The lowest BCUT2D eigenvalue weighted by atomic mass is 10.7. The van der Waals surface area contributed by atoms with Gasteiger partial charge in [0.05, 0.1) is 6.20 Å². The Morgan fingerprint density at radius 2 is 2.44 bits per heavy atom. The minimum atomic E-state index is 0.887. The monoisotopic (exact) mass is 123 g/mol. The van der Waals surface area contributed by atoms with Crippen molar-refractivity contribution in [3.63, 3.8) is 0 Å². The first-order valence-corrected chi connectivity index (χ1v) is 2.74. The Morgan fingerprint density at radius 1 is 1.67 bits per heavy atom. The first-order chi connectivity index (χ1) is 4.34. The third-order valence-corrected chi connectivity index (χ3v) is 1.16. The van der Waals surface area contributed by atoms with E-state index in [1.807, 2.05) is 17.8 Å². The summed E-state index contributed by atoms with van der Waals surface area (Å²) in [6.07, 6.45) is 5.32. The summed E-state index contributed by atoms with van der Waals surface area (Å²) in [4.78, 5) is 7.87. The second-order valence-corrected chi connectivity index (χ2v) is 1.77. The van der Waals surface area contributed by atoms with Crippen LogP contribution in [0.4, 0.5) is 0 Å². The molecule has 0 bridgehead atoms. The predicted molar refractivity (Wildman–Crippen MR) is 34.7 cm³/mol. The highest BCUT2D eigenvalue weighted by Crippen LogP contribution is 1.68. The van der Waals surface area contributed by atoms with E-state index >= 15 is 0 Å². The molecule has 3 heteroatoms. The number of nitrogens with zero attached hydrogens (tertiary/aromatic N) is 3. The van der Waals surface area contributed by atoms with Crippen molar-refractivity contribution >= 4 is 0 Å². The molecule has 0 radical (unpaired) electrons. The Balaban J connectivity index is 3.33. The maximum absolute atomic E-state index is 3.97. The van der Waals surface area contributed by atoms with Crippen LogP contribution in [0.25, 0.3) is 0 Å². The molecule has 0 spiro atoms. The Kier molecular flexibility index (Phi) is 1.63. The number of aromatic nitrogens is 2. The molecule has 0 aromatic carbocycles. The zero-order chi connectivity index (χ0) is 6.69. The summed E-state index contributed by atoms with van der Waals surface area (Å²) in [5.74, 6) is 0. The van der Waals surface area contributed by atoms with Crippen LogP contribution >= 0.6 is 0 Å². The molecule has 0 aliphatic heterocycles. The molecule has 48 valence electrons. The molecule has 0 saturated heterocycles. The highest BCUT2D eigenvalue weighted by molar-refractivity contribution is 4.76. The molecule has 9 heavy (non-hydrogen) atoms. The van der Waals surface area contributed by atoms with Crippen molar-refractivity contribution in [2.75, 3.05) is 7.05 Å². The lowest BCUT2D eigenvalue weighted by molar-refractivity contribution is 0.809. The van der Waals surface area contributed by atoms with Gasteiger partial charge in [-0.05, 0) is 0 Å². The maximum Gasteiger partial charge on any atom is 0.145 e. The molecule has 0 unspecified atom stereocenters. The van der Waals surface area contributed by atoms with Crippen molar-refractivity contribution in [2.45, 2.75) is 0 Å². The van der Waals surface area contributed by atoms with E-state index in [2.05, 4.69) is 9.98 Å². The van der Waals surface area contributed by atoms with Crippen LogP contribution in [-0.4, -0.2) is 16.6 Å². The van der Waals surface area contributed by atoms with E-state index in [4.69, 9.17) is 0 Å². The minimum absolute atomic E-state index is 0.887. The van der Waals surface area contributed by atoms with E-state index in [1.165, 1.54) is 0 Å². The van der Waals surface area contributed by atoms with E-state index in [1.54, 1.807) is 19.4 Å². The molecule has 0 fully saturated rings. The topological polar surface area (TPSA) is 30.2 Å². The zero-order valence-electron chi connectivity index (χ0n) is 5.57. The molecule has 1 aromatic heterocycles. The Bertz CT molecular complexity index is 248. The van der Waals surface area contributed by atoms with Crippen molar-refractivity contribution in [1.29, 1.82) is 0 Å². The van der Waals surface area contributed by atoms with Crippen LogP contribution in [0.2, 0.25) is 0 Å². The van der Waals surface area contributed by atoms with Gasteiger partial charge in [0.1, 0.15) is 5.49 Å². The van der Waals surface area contributed by atoms with Crippen LogP contribution in [0.15, 0.2) is 23.6 Å². The van der Waals surface area contributed by atoms with E-state index < -0.39 is 0 Å². The third kappa shape index (κ3) is 1.16. The fraction of sp³-hybridized carbons (Fsp3) is 0.333. The van der Waals surface area contributed by atoms with Crippen molar-refractivity contribution in [3.05, 3.63) is 24.1 Å². The SMILES string of the molecule is C/N=c1/cnccn1C. The molecule has 0 aliphatic rings. The summed E-state index contributed by atoms with van der Waals surface area (Å²) in [6, 6.07) is 0. The molecule has 0 amide bonds. The smallest absolute Gasteiger partial charge is 0.145 e. The van der Waals surface area contributed by atoms with Crippen molar-refractivity contribution in [3.8, 4) is 0 Å². The lowest BCUT2D eigenvalue weighted by Crippen LogP contribution is -2.16. The second kappa shape index (κ2) is 2.44. The first-order valence-electron chi connectivity index (χ1n) is 2.74. The number of hydrogen-bond donors (Lipinski definition) is 0. The summed E-state index contributed by atoms with van der Waals surface area (Å²) < 4.78 is 1.91. The van der Waals surface area contributed by atoms with Gasteiger partial charge in [-0.15, -0.1) is 0 Å². The van der Waals surface area contributed by atoms with Gasteiger partial charge in [0.2, 0.25) is 0 Å². The van der Waals surface area contributed by atoms with Crippen LogP contribution in [0.3, 0.4) is 0 Å². The molecule has 3 nitrogen and oxygen atoms in total. The Labute approximate surface area is 53.7 Å². The molecule has 1 heterocycles. The van der Waals surface area contributed by atoms with Gasteiger partial charge in [0.25, 0.3) is 0 Å². The molecule has 1 rings (SSSR count). The fourth-order valence-electron chi connectivity index (χ4n) is 0.631. The molecule has 1 aromatic rings. The largest absolute Gasteiger partial charge is 0.334 e. The van der Waals surface area contributed by atoms with Crippen molar-refractivity contribution < 1.29 is 0 Å². The normalized spacial score (nSPS) is 12.0. The number of rotatable bonds is 0. The first kappa shape index (κ1) is 6.01. The molecule has 0 N–H and O–H groups in total. The summed E-state index contributed by atoms with van der Waals surface area (Å²) in [5.41, 5.74) is 0.887. The average molecular weight is 123 g/mol. The average Bonchev–Trinajstić information content (AvgIpc) is 1.89. The van der Waals surface area contributed by atoms with Gasteiger partial charge in [-0.3, -0.25) is 9.98 Å². The van der Waals surface area contributed by atoms with E-state index in [-0.39, 0.29) is 0 Å². The highest BCUT2D eigenvalue weighted by atomic mass is 15.0. The molecule has 0 saturated carbocycles. The maximum atomic E-state index is 3.97. The van der Waals surface area contributed by atoms with E-state index in [0.717, 1.165) is 5.49 Å². The minimum Gasteiger partial charge on any atom is -0.334 e. The summed E-state index contributed by atoms with van der Waals surface area (Å²) >= 11 is 0. The van der Waals surface area contributed by atoms with E-state index in [0.29, 0.717) is 0 Å². The zero-order valence-corrected chi connectivity index (χ0v) is 5.57. The van der Waals surface area contributed by atoms with Gasteiger partial charge in [-0.1, -0.05) is 0 Å². The van der Waals surface area contributed by atoms with E-state index in [9.17, 15) is 0 Å². The Morgan fingerprint density at radius 3 is 2.89 bits per heavy atom. The van der Waals surface area contributed by atoms with Crippen LogP contribution in [0, 0.1) is 0 Å². The van der Waals surface area contributed by atoms with Gasteiger partial charge in [-0.25, -0.2) is 0 Å². The van der Waals surface area contributed by atoms with Gasteiger partial charge >= 0.3 is 0 Å². The quantitative estimate of drug-likeness (QED) is 0.475. The van der Waals surface area contributed by atoms with Crippen LogP contribution in [0.5, 0.6) is 0 Å². The van der Waals surface area contributed by atoms with Gasteiger partial charge < -0.3 is 4.57 Å². The van der Waals surface area contributed by atoms with Crippen LogP contribution < -0.4 is 5.49 Å². The van der Waals surface area contributed by atoms with Crippen molar-refractivity contribution in [1.82, 2.24) is 9.55 Å². The summed E-state index contributed by atoms with van der Waals surface area (Å²) in [6.45, 7) is 0. The molecule has 0 aliphatic carbocycles. The van der Waals surface area contributed by atoms with Gasteiger partial charge in [0, 0.05) is 26.5 Å². The van der Waals surface area contributed by atoms with Crippen molar-refractivity contribution in [2.24, 2.45) is 12.0 Å². The Hall–Kier alpha value is -1.12. The highest BCUT2D eigenvalue weighted by Gasteiger charge is 1.79. The standard InChI is InChI=1S/C6H9N3/c1-7-6-5-8-3-4-9(6)2/h3-5H,1-2H3/b7-6-. The lowest BCUT2D eigenvalue weighted by Gasteiger charge is -1.93. The summed E-state index contributed by atoms with van der Waals surface area (Å²) in [7, 11) is 3.68. The van der Waals surface area contributed by atoms with Gasteiger partial charge in [0.15, 0.2) is 0 Å². The predicted octanol–water partition coefficient (Wildman–Crippen LogP) is -0.0494. The van der Waals surface area contributed by atoms with Crippen LogP contribution in [0.1, 0.15) is 0 Å². The summed E-state index contributed by atoms with van der Waals surface area (Å²) in [5, 5.41) is 0. The van der Waals surface area contributed by atoms with Crippen LogP contribution in [-0.2, 0) is 7.05 Å². The number of aryl methyl sites for hydroxylation is 1. The molecular formula is C6H9N3. The second-order valence-electron chi connectivity index (χ2n) is 1.77. The fourth-order valence-corrected chi connectivity index (χ4v) is 0.631. The molecule has 0 atom stereocenters. The third-order valence-electron chi connectivity index (χ3n) is 1.16. The molecular weight excluding hydrogens is 114 g/mol.